The minimum Gasteiger partial charge on any atom is -0.498 e. The maximum Gasteiger partial charge on any atom is 0.407 e. The zero-order chi connectivity index (χ0) is 19.5. The molecule has 28 heavy (non-hydrogen) atoms. The number of hydrogen-bond acceptors (Lipinski definition) is 4. The molecular weight excluding hydrogens is 358 g/mol. The summed E-state index contributed by atoms with van der Waals surface area (Å²) in [6.07, 6.45) is 1.97. The second kappa shape index (κ2) is 7.76. The Morgan fingerprint density at radius 2 is 1.75 bits per heavy atom. The van der Waals surface area contributed by atoms with Gasteiger partial charge in [0.15, 0.2) is 0 Å². The van der Waals surface area contributed by atoms with Crippen molar-refractivity contribution in [3.05, 3.63) is 71.5 Å². The van der Waals surface area contributed by atoms with Crippen LogP contribution < -0.4 is 5.32 Å². The highest BCUT2D eigenvalue weighted by Gasteiger charge is 2.30. The Hall–Kier alpha value is -3.28. The van der Waals surface area contributed by atoms with Crippen molar-refractivity contribution in [2.24, 2.45) is 0 Å². The van der Waals surface area contributed by atoms with Gasteiger partial charge in [-0.25, -0.2) is 9.59 Å². The van der Waals surface area contributed by atoms with Gasteiger partial charge in [-0.05, 0) is 28.3 Å². The van der Waals surface area contributed by atoms with E-state index in [4.69, 9.17) is 9.47 Å². The number of benzene rings is 2. The van der Waals surface area contributed by atoms with E-state index in [0.29, 0.717) is 12.4 Å². The van der Waals surface area contributed by atoms with Gasteiger partial charge in [-0.15, -0.1) is 0 Å². The summed E-state index contributed by atoms with van der Waals surface area (Å²) >= 11 is 0. The maximum atomic E-state index is 12.3. The molecule has 1 aliphatic carbocycles. The first-order valence-electron chi connectivity index (χ1n) is 9.29. The largest absolute Gasteiger partial charge is 0.498 e. The van der Waals surface area contributed by atoms with E-state index >= 15 is 0 Å². The first kappa shape index (κ1) is 18.1. The predicted octanol–water partition coefficient (Wildman–Crippen LogP) is 3.67. The summed E-state index contributed by atoms with van der Waals surface area (Å²) in [6.45, 7) is 0.692. The standard InChI is InChI=1S/C22H21NO5/c24-21(25)20(12-14-6-5-11-27-14)23-22(26)28-13-19-17-9-3-1-7-15(17)16-8-2-4-10-18(16)19/h1-4,6-10,19-20H,5,11-13H2,(H,23,26)(H,24,25)/t20-/m0/s1. The number of ether oxygens (including phenoxy) is 2. The lowest BCUT2D eigenvalue weighted by Gasteiger charge is -2.17. The number of carbonyl (C=O) groups excluding carboxylic acids is 1. The Balaban J connectivity index is 1.42. The molecule has 0 fully saturated rings. The molecule has 2 N–H and O–H groups in total. The summed E-state index contributed by atoms with van der Waals surface area (Å²) in [5, 5.41) is 11.8. The molecule has 2 aliphatic rings. The molecule has 0 saturated carbocycles. The van der Waals surface area contributed by atoms with E-state index in [1.54, 1.807) is 0 Å². The smallest absolute Gasteiger partial charge is 0.407 e. The highest BCUT2D eigenvalue weighted by molar-refractivity contribution is 5.81. The van der Waals surface area contributed by atoms with Crippen molar-refractivity contribution in [2.75, 3.05) is 13.2 Å². The van der Waals surface area contributed by atoms with Gasteiger partial charge in [-0.2, -0.15) is 0 Å². The Bertz CT molecular complexity index is 891. The second-order valence-electron chi connectivity index (χ2n) is 6.87. The molecular formula is C22H21NO5. The van der Waals surface area contributed by atoms with Gasteiger partial charge in [0.25, 0.3) is 0 Å². The normalized spacial score (nSPS) is 15.8. The van der Waals surface area contributed by atoms with Crippen molar-refractivity contribution in [3.63, 3.8) is 0 Å². The number of aliphatic carboxylic acids is 1. The highest BCUT2D eigenvalue weighted by atomic mass is 16.5. The number of alkyl carbamates (subject to hydrolysis) is 1. The van der Waals surface area contributed by atoms with Crippen LogP contribution in [-0.4, -0.2) is 36.4 Å². The lowest BCUT2D eigenvalue weighted by atomic mass is 9.98. The molecule has 4 rings (SSSR count). The van der Waals surface area contributed by atoms with Crippen LogP contribution in [0.4, 0.5) is 4.79 Å². The number of carboxylic acid groups (broad SMARTS) is 1. The quantitative estimate of drug-likeness (QED) is 0.800. The number of fused-ring (bicyclic) bond motifs is 3. The van der Waals surface area contributed by atoms with Crippen LogP contribution in [0, 0.1) is 0 Å². The van der Waals surface area contributed by atoms with E-state index in [-0.39, 0.29) is 18.9 Å². The zero-order valence-electron chi connectivity index (χ0n) is 15.3. The third-order valence-electron chi connectivity index (χ3n) is 5.12. The zero-order valence-corrected chi connectivity index (χ0v) is 15.3. The summed E-state index contributed by atoms with van der Waals surface area (Å²) in [6, 6.07) is 15.0. The van der Waals surface area contributed by atoms with Gasteiger partial charge < -0.3 is 19.9 Å². The lowest BCUT2D eigenvalue weighted by Crippen LogP contribution is -2.41. The molecule has 0 spiro atoms. The van der Waals surface area contributed by atoms with Crippen LogP contribution in [0.15, 0.2) is 60.4 Å². The Labute approximate surface area is 162 Å². The molecule has 1 aliphatic heterocycles. The van der Waals surface area contributed by atoms with E-state index in [1.807, 2.05) is 42.5 Å². The number of nitrogens with one attached hydrogen (secondary N) is 1. The van der Waals surface area contributed by atoms with Crippen LogP contribution in [0.3, 0.4) is 0 Å². The molecule has 144 valence electrons. The molecule has 0 saturated heterocycles. The molecule has 1 heterocycles. The van der Waals surface area contributed by atoms with E-state index in [2.05, 4.69) is 17.4 Å². The van der Waals surface area contributed by atoms with Gasteiger partial charge in [-0.1, -0.05) is 48.5 Å². The summed E-state index contributed by atoms with van der Waals surface area (Å²) < 4.78 is 10.8. The summed E-state index contributed by atoms with van der Waals surface area (Å²) in [7, 11) is 0. The van der Waals surface area contributed by atoms with E-state index < -0.39 is 18.1 Å². The van der Waals surface area contributed by atoms with E-state index in [0.717, 1.165) is 28.7 Å². The van der Waals surface area contributed by atoms with E-state index in [9.17, 15) is 14.7 Å². The minimum atomic E-state index is -1.12. The second-order valence-corrected chi connectivity index (χ2v) is 6.87. The molecule has 0 radical (unpaired) electrons. The molecule has 0 bridgehead atoms. The fourth-order valence-corrected chi connectivity index (χ4v) is 3.79. The molecule has 2 aromatic rings. The minimum absolute atomic E-state index is 0.0673. The molecule has 1 amide bonds. The molecule has 0 aromatic heterocycles. The van der Waals surface area contributed by atoms with Crippen molar-refractivity contribution in [1.82, 2.24) is 5.32 Å². The van der Waals surface area contributed by atoms with E-state index in [1.165, 1.54) is 0 Å². The van der Waals surface area contributed by atoms with Gasteiger partial charge in [0.05, 0.1) is 12.4 Å². The average Bonchev–Trinajstić information content (AvgIpc) is 3.32. The molecule has 1 atom stereocenters. The predicted molar refractivity (Wildman–Crippen MR) is 103 cm³/mol. The number of hydrogen-bond donors (Lipinski definition) is 2. The summed E-state index contributed by atoms with van der Waals surface area (Å²) in [4.78, 5) is 23.7. The topological polar surface area (TPSA) is 84.9 Å². The number of amides is 1. The average molecular weight is 379 g/mol. The van der Waals surface area contributed by atoms with Crippen LogP contribution in [0.5, 0.6) is 0 Å². The van der Waals surface area contributed by atoms with Crippen molar-refractivity contribution in [3.8, 4) is 11.1 Å². The van der Waals surface area contributed by atoms with Gasteiger partial charge in [0.1, 0.15) is 12.6 Å². The van der Waals surface area contributed by atoms with Crippen LogP contribution in [0.1, 0.15) is 29.9 Å². The van der Waals surface area contributed by atoms with Crippen molar-refractivity contribution in [2.45, 2.75) is 24.8 Å². The molecule has 6 nitrogen and oxygen atoms in total. The number of carbonyl (C=O) groups is 2. The van der Waals surface area contributed by atoms with Crippen LogP contribution in [-0.2, 0) is 14.3 Å². The van der Waals surface area contributed by atoms with Crippen LogP contribution in [0.2, 0.25) is 0 Å². The monoisotopic (exact) mass is 379 g/mol. The number of rotatable bonds is 6. The fourth-order valence-electron chi connectivity index (χ4n) is 3.79. The maximum absolute atomic E-state index is 12.3. The Morgan fingerprint density at radius 1 is 1.11 bits per heavy atom. The Kier molecular flexibility index (Phi) is 5.02. The fraction of sp³-hybridized carbons (Fsp3) is 0.273. The lowest BCUT2D eigenvalue weighted by molar-refractivity contribution is -0.139. The summed E-state index contributed by atoms with van der Waals surface area (Å²) in [5.74, 6) is -0.599. The van der Waals surface area contributed by atoms with Crippen LogP contribution >= 0.6 is 0 Å². The molecule has 6 heteroatoms. The van der Waals surface area contributed by atoms with Crippen molar-refractivity contribution >= 4 is 12.1 Å². The molecule has 0 unspecified atom stereocenters. The highest BCUT2D eigenvalue weighted by Crippen LogP contribution is 2.44. The number of carboxylic acids is 1. The van der Waals surface area contributed by atoms with Gasteiger partial charge in [0, 0.05) is 18.8 Å². The first-order valence-corrected chi connectivity index (χ1v) is 9.29. The van der Waals surface area contributed by atoms with Crippen LogP contribution in [0.25, 0.3) is 11.1 Å². The first-order chi connectivity index (χ1) is 13.6. The summed E-state index contributed by atoms with van der Waals surface area (Å²) in [5.41, 5.74) is 4.49. The Morgan fingerprint density at radius 3 is 2.32 bits per heavy atom. The molecule has 2 aromatic carbocycles. The van der Waals surface area contributed by atoms with Crippen molar-refractivity contribution < 1.29 is 24.2 Å². The van der Waals surface area contributed by atoms with Crippen molar-refractivity contribution in [1.29, 1.82) is 0 Å². The third kappa shape index (κ3) is 3.58. The van der Waals surface area contributed by atoms with Gasteiger partial charge in [-0.3, -0.25) is 0 Å². The SMILES string of the molecule is O=C(N[C@@H](CC1=CCCO1)C(=O)O)OCC1c2ccccc2-c2ccccc21. The van der Waals surface area contributed by atoms with Gasteiger partial charge in [0.2, 0.25) is 0 Å². The third-order valence-corrected chi connectivity index (χ3v) is 5.12. The van der Waals surface area contributed by atoms with Gasteiger partial charge >= 0.3 is 12.1 Å².